The number of nitrogens with two attached hydrogens (primary N) is 1. The Balaban J connectivity index is 2.16. The molecule has 0 bridgehead atoms. The molecule has 0 radical (unpaired) electrons. The number of benzene rings is 1. The zero-order valence-corrected chi connectivity index (χ0v) is 13.3. The van der Waals surface area contributed by atoms with Gasteiger partial charge in [0, 0.05) is 12.1 Å². The van der Waals surface area contributed by atoms with Gasteiger partial charge in [-0.3, -0.25) is 4.68 Å². The van der Waals surface area contributed by atoms with Crippen LogP contribution in [0.4, 0.5) is 0 Å². The molecule has 0 spiro atoms. The first-order valence-corrected chi connectivity index (χ1v) is 7.56. The summed E-state index contributed by atoms with van der Waals surface area (Å²) < 4.78 is 7.86. The summed E-state index contributed by atoms with van der Waals surface area (Å²) >= 11 is 0. The Morgan fingerprint density at radius 2 is 2.10 bits per heavy atom. The zero-order valence-electron chi connectivity index (χ0n) is 13.3. The molecule has 1 heterocycles. The van der Waals surface area contributed by atoms with E-state index < -0.39 is 0 Å². The summed E-state index contributed by atoms with van der Waals surface area (Å²) in [6.45, 7) is 8.34. The average Bonchev–Trinajstić information content (AvgIpc) is 2.91. The van der Waals surface area contributed by atoms with E-state index in [0.717, 1.165) is 29.9 Å². The molecule has 2 rings (SSSR count). The third-order valence-electron chi connectivity index (χ3n) is 3.61. The summed E-state index contributed by atoms with van der Waals surface area (Å²) in [5.74, 6) is 1.64. The molecule has 0 aliphatic carbocycles. The van der Waals surface area contributed by atoms with Crippen molar-refractivity contribution in [2.75, 3.05) is 0 Å². The monoisotopic (exact) mass is 287 g/mol. The van der Waals surface area contributed by atoms with Gasteiger partial charge in [0.05, 0.1) is 12.4 Å². The second kappa shape index (κ2) is 6.76. The maximum Gasteiger partial charge on any atom is 0.165 e. The highest BCUT2D eigenvalue weighted by atomic mass is 16.5. The zero-order chi connectivity index (χ0) is 15.4. The number of rotatable bonds is 6. The van der Waals surface area contributed by atoms with Gasteiger partial charge in [0.2, 0.25) is 0 Å². The van der Waals surface area contributed by atoms with Gasteiger partial charge in [0.1, 0.15) is 5.75 Å². The van der Waals surface area contributed by atoms with Gasteiger partial charge in [-0.25, -0.2) is 0 Å². The highest BCUT2D eigenvalue weighted by Crippen LogP contribution is 2.27. The van der Waals surface area contributed by atoms with E-state index >= 15 is 0 Å². The smallest absolute Gasteiger partial charge is 0.165 e. The van der Waals surface area contributed by atoms with Crippen LogP contribution >= 0.6 is 0 Å². The van der Waals surface area contributed by atoms with Gasteiger partial charge in [0.25, 0.3) is 0 Å². The van der Waals surface area contributed by atoms with E-state index in [9.17, 15) is 0 Å². The van der Waals surface area contributed by atoms with Crippen molar-refractivity contribution in [2.24, 2.45) is 5.73 Å². The molecule has 2 aromatic rings. The van der Waals surface area contributed by atoms with Gasteiger partial charge in [-0.1, -0.05) is 19.1 Å². The van der Waals surface area contributed by atoms with E-state index in [2.05, 4.69) is 44.1 Å². The fourth-order valence-corrected chi connectivity index (χ4v) is 2.11. The quantitative estimate of drug-likeness (QED) is 0.878. The summed E-state index contributed by atoms with van der Waals surface area (Å²) in [6.07, 6.45) is 5.53. The Hall–Kier alpha value is -1.81. The van der Waals surface area contributed by atoms with E-state index in [-0.39, 0.29) is 6.04 Å². The lowest BCUT2D eigenvalue weighted by molar-refractivity contribution is 0.472. The first-order chi connectivity index (χ1) is 9.99. The van der Waals surface area contributed by atoms with E-state index in [1.165, 1.54) is 5.56 Å². The van der Waals surface area contributed by atoms with Crippen LogP contribution < -0.4 is 10.5 Å². The van der Waals surface area contributed by atoms with E-state index in [0.29, 0.717) is 6.04 Å². The molecule has 0 aliphatic heterocycles. The Morgan fingerprint density at radius 1 is 1.33 bits per heavy atom. The van der Waals surface area contributed by atoms with Gasteiger partial charge in [-0.05, 0) is 50.8 Å². The molecule has 4 nitrogen and oxygen atoms in total. The topological polar surface area (TPSA) is 53.1 Å². The van der Waals surface area contributed by atoms with Gasteiger partial charge in [-0.2, -0.15) is 5.10 Å². The summed E-state index contributed by atoms with van der Waals surface area (Å²) in [6, 6.07) is 6.81. The molecule has 1 atom stereocenters. The number of nitrogens with zero attached hydrogens (tertiary/aromatic N) is 2. The first kappa shape index (κ1) is 15.6. The van der Waals surface area contributed by atoms with Crippen LogP contribution in [0.5, 0.6) is 11.5 Å². The van der Waals surface area contributed by atoms with Crippen molar-refractivity contribution in [2.45, 2.75) is 52.6 Å². The standard InChI is InChI=1S/C17H25N3O/c1-5-15(18)8-14-7-6-13(4)17(9-14)21-16-10-19-20(11-16)12(2)3/h6-7,9-12,15H,5,8,18H2,1-4H3. The summed E-state index contributed by atoms with van der Waals surface area (Å²) in [7, 11) is 0. The van der Waals surface area contributed by atoms with Crippen molar-refractivity contribution in [1.82, 2.24) is 9.78 Å². The SMILES string of the molecule is CCC(N)Cc1ccc(C)c(Oc2cnn(C(C)C)c2)c1. The molecule has 0 saturated heterocycles. The van der Waals surface area contributed by atoms with Crippen molar-refractivity contribution in [3.05, 3.63) is 41.7 Å². The average molecular weight is 287 g/mol. The number of aromatic nitrogens is 2. The van der Waals surface area contributed by atoms with E-state index in [1.807, 2.05) is 17.8 Å². The number of ether oxygens (including phenoxy) is 1. The van der Waals surface area contributed by atoms with Gasteiger partial charge >= 0.3 is 0 Å². The fraction of sp³-hybridized carbons (Fsp3) is 0.471. The lowest BCUT2D eigenvalue weighted by atomic mass is 10.0. The lowest BCUT2D eigenvalue weighted by Crippen LogP contribution is -2.21. The molecule has 0 aliphatic rings. The Kier molecular flexibility index (Phi) is 5.02. The molecule has 1 aromatic carbocycles. The number of hydrogen-bond acceptors (Lipinski definition) is 3. The van der Waals surface area contributed by atoms with Crippen LogP contribution in [0.2, 0.25) is 0 Å². The molecule has 2 N–H and O–H groups in total. The number of hydrogen-bond donors (Lipinski definition) is 1. The maximum absolute atomic E-state index is 6.03. The minimum Gasteiger partial charge on any atom is -0.454 e. The summed E-state index contributed by atoms with van der Waals surface area (Å²) in [5, 5.41) is 4.30. The first-order valence-electron chi connectivity index (χ1n) is 7.56. The van der Waals surface area contributed by atoms with E-state index in [4.69, 9.17) is 10.5 Å². The van der Waals surface area contributed by atoms with Crippen LogP contribution in [0.25, 0.3) is 0 Å². The molecule has 114 valence electrons. The third kappa shape index (κ3) is 4.08. The van der Waals surface area contributed by atoms with Crippen molar-refractivity contribution < 1.29 is 4.74 Å². The third-order valence-corrected chi connectivity index (χ3v) is 3.61. The molecule has 1 unspecified atom stereocenters. The highest BCUT2D eigenvalue weighted by Gasteiger charge is 2.08. The summed E-state index contributed by atoms with van der Waals surface area (Å²) in [4.78, 5) is 0. The molecular formula is C17H25N3O. The van der Waals surface area contributed by atoms with Crippen LogP contribution in [0.3, 0.4) is 0 Å². The van der Waals surface area contributed by atoms with E-state index in [1.54, 1.807) is 6.20 Å². The number of aryl methyl sites for hydroxylation is 1. The fourth-order valence-electron chi connectivity index (χ4n) is 2.11. The normalized spacial score (nSPS) is 12.7. The predicted molar refractivity (Wildman–Crippen MR) is 85.8 cm³/mol. The van der Waals surface area contributed by atoms with Crippen molar-refractivity contribution in [1.29, 1.82) is 0 Å². The second-order valence-corrected chi connectivity index (χ2v) is 5.82. The molecule has 0 amide bonds. The molecule has 21 heavy (non-hydrogen) atoms. The molecule has 1 aromatic heterocycles. The van der Waals surface area contributed by atoms with Crippen molar-refractivity contribution >= 4 is 0 Å². The molecular weight excluding hydrogens is 262 g/mol. The minimum atomic E-state index is 0.198. The summed E-state index contributed by atoms with van der Waals surface area (Å²) in [5.41, 5.74) is 8.35. The van der Waals surface area contributed by atoms with Crippen LogP contribution in [0.1, 0.15) is 44.4 Å². The second-order valence-electron chi connectivity index (χ2n) is 5.82. The van der Waals surface area contributed by atoms with Crippen LogP contribution in [0, 0.1) is 6.92 Å². The molecule has 0 fully saturated rings. The van der Waals surface area contributed by atoms with Crippen LogP contribution in [-0.2, 0) is 6.42 Å². The maximum atomic E-state index is 6.03. The Labute approximate surface area is 126 Å². The predicted octanol–water partition coefficient (Wildman–Crippen LogP) is 3.84. The van der Waals surface area contributed by atoms with Crippen molar-refractivity contribution in [3.8, 4) is 11.5 Å². The molecule has 0 saturated carbocycles. The van der Waals surface area contributed by atoms with Crippen LogP contribution in [-0.4, -0.2) is 15.8 Å². The van der Waals surface area contributed by atoms with Crippen molar-refractivity contribution in [3.63, 3.8) is 0 Å². The Morgan fingerprint density at radius 3 is 2.71 bits per heavy atom. The Bertz CT molecular complexity index is 589. The minimum absolute atomic E-state index is 0.198. The van der Waals surface area contributed by atoms with Gasteiger partial charge in [-0.15, -0.1) is 0 Å². The van der Waals surface area contributed by atoms with Gasteiger partial charge in [0.15, 0.2) is 5.75 Å². The lowest BCUT2D eigenvalue weighted by Gasteiger charge is -2.12. The highest BCUT2D eigenvalue weighted by molar-refractivity contribution is 5.39. The largest absolute Gasteiger partial charge is 0.454 e. The van der Waals surface area contributed by atoms with Crippen LogP contribution in [0.15, 0.2) is 30.6 Å². The molecule has 4 heteroatoms. The van der Waals surface area contributed by atoms with Gasteiger partial charge < -0.3 is 10.5 Å².